The average molecular weight is 190 g/mol. The molecule has 4 heteroatoms. The van der Waals surface area contributed by atoms with E-state index in [2.05, 4.69) is 5.16 Å². The summed E-state index contributed by atoms with van der Waals surface area (Å²) in [7, 11) is 0. The van der Waals surface area contributed by atoms with E-state index in [9.17, 15) is 0 Å². The molecule has 4 nitrogen and oxygen atoms in total. The zero-order valence-electron chi connectivity index (χ0n) is 7.77. The molecule has 0 radical (unpaired) electrons. The van der Waals surface area contributed by atoms with Crippen LogP contribution < -0.4 is 4.74 Å². The van der Waals surface area contributed by atoms with Crippen molar-refractivity contribution in [2.45, 2.75) is 6.92 Å². The van der Waals surface area contributed by atoms with E-state index in [0.717, 1.165) is 5.56 Å². The smallest absolute Gasteiger partial charge is 0.174 e. The van der Waals surface area contributed by atoms with Crippen LogP contribution in [-0.4, -0.2) is 17.5 Å². The zero-order chi connectivity index (χ0) is 10.4. The number of oxime groups is 1. The molecule has 1 N–H and O–H groups in total. The van der Waals surface area contributed by atoms with Crippen molar-refractivity contribution in [3.63, 3.8) is 0 Å². The quantitative estimate of drug-likeness (QED) is 0.449. The van der Waals surface area contributed by atoms with Gasteiger partial charge in [0.15, 0.2) is 6.61 Å². The number of nitrogens with zero attached hydrogens (tertiary/aromatic N) is 2. The first kappa shape index (κ1) is 10.1. The number of ether oxygens (including phenoxy) is 1. The summed E-state index contributed by atoms with van der Waals surface area (Å²) >= 11 is 0. The second-order valence-corrected chi connectivity index (χ2v) is 2.66. The molecule has 0 aliphatic carbocycles. The summed E-state index contributed by atoms with van der Waals surface area (Å²) in [5.74, 6) is 0.590. The topological polar surface area (TPSA) is 65.6 Å². The van der Waals surface area contributed by atoms with Gasteiger partial charge >= 0.3 is 0 Å². The molecule has 14 heavy (non-hydrogen) atoms. The lowest BCUT2D eigenvalue weighted by atomic mass is 10.1. The Morgan fingerprint density at radius 1 is 1.64 bits per heavy atom. The first-order valence-corrected chi connectivity index (χ1v) is 4.06. The molecule has 0 bridgehead atoms. The van der Waals surface area contributed by atoms with Crippen molar-refractivity contribution in [2.24, 2.45) is 5.16 Å². The summed E-state index contributed by atoms with van der Waals surface area (Å²) < 4.78 is 5.09. The van der Waals surface area contributed by atoms with Gasteiger partial charge in [-0.3, -0.25) is 0 Å². The van der Waals surface area contributed by atoms with Crippen LogP contribution in [0.1, 0.15) is 12.5 Å². The molecule has 0 spiro atoms. The largest absolute Gasteiger partial charge is 0.479 e. The van der Waals surface area contributed by atoms with Crippen LogP contribution in [0.4, 0.5) is 0 Å². The molecule has 1 rings (SSSR count). The Balaban J connectivity index is 2.85. The van der Waals surface area contributed by atoms with Gasteiger partial charge in [-0.05, 0) is 19.1 Å². The number of nitriles is 1. The Hall–Kier alpha value is -2.02. The number of rotatable bonds is 3. The third kappa shape index (κ3) is 2.49. The van der Waals surface area contributed by atoms with Crippen molar-refractivity contribution >= 4 is 5.71 Å². The minimum absolute atomic E-state index is 0.0127. The first-order chi connectivity index (χ1) is 6.77. The summed E-state index contributed by atoms with van der Waals surface area (Å²) in [5, 5.41) is 19.9. The summed E-state index contributed by atoms with van der Waals surface area (Å²) in [6, 6.07) is 8.91. The molecule has 0 amide bonds. The van der Waals surface area contributed by atoms with E-state index in [1.54, 1.807) is 31.2 Å². The Morgan fingerprint density at radius 3 is 3.07 bits per heavy atom. The lowest BCUT2D eigenvalue weighted by molar-refractivity contribution is 0.319. The van der Waals surface area contributed by atoms with Crippen LogP contribution in [-0.2, 0) is 0 Å². The maximum atomic E-state index is 8.55. The van der Waals surface area contributed by atoms with E-state index in [4.69, 9.17) is 15.2 Å². The Morgan fingerprint density at radius 2 is 2.43 bits per heavy atom. The maximum Gasteiger partial charge on any atom is 0.174 e. The third-order valence-corrected chi connectivity index (χ3v) is 1.71. The number of hydrogen-bond acceptors (Lipinski definition) is 4. The minimum atomic E-state index is 0.0127. The Labute approximate surface area is 82.0 Å². The summed E-state index contributed by atoms with van der Waals surface area (Å²) in [5.41, 5.74) is 1.27. The summed E-state index contributed by atoms with van der Waals surface area (Å²) in [4.78, 5) is 0. The van der Waals surface area contributed by atoms with Crippen LogP contribution in [0.3, 0.4) is 0 Å². The second-order valence-electron chi connectivity index (χ2n) is 2.66. The van der Waals surface area contributed by atoms with Crippen LogP contribution in [0, 0.1) is 11.3 Å². The standard InChI is InChI=1S/C10H10N2O2/c1-8(12-13)9-3-2-4-10(7-9)14-6-5-11/h2-4,7,13H,6H2,1H3/b12-8-. The molecule has 0 saturated heterocycles. The van der Waals surface area contributed by atoms with Crippen molar-refractivity contribution in [1.82, 2.24) is 0 Å². The molecular formula is C10H10N2O2. The van der Waals surface area contributed by atoms with Gasteiger partial charge in [-0.15, -0.1) is 0 Å². The van der Waals surface area contributed by atoms with Gasteiger partial charge in [-0.2, -0.15) is 5.26 Å². The van der Waals surface area contributed by atoms with Gasteiger partial charge < -0.3 is 9.94 Å². The van der Waals surface area contributed by atoms with E-state index < -0.39 is 0 Å². The summed E-state index contributed by atoms with van der Waals surface area (Å²) in [6.07, 6.45) is 0. The molecule has 0 heterocycles. The molecular weight excluding hydrogens is 180 g/mol. The summed E-state index contributed by atoms with van der Waals surface area (Å²) in [6.45, 7) is 1.70. The highest BCUT2D eigenvalue weighted by molar-refractivity contribution is 5.98. The number of hydrogen-bond donors (Lipinski definition) is 1. The van der Waals surface area contributed by atoms with E-state index in [0.29, 0.717) is 11.5 Å². The second kappa shape index (κ2) is 4.87. The van der Waals surface area contributed by atoms with Gasteiger partial charge in [0, 0.05) is 5.56 Å². The van der Waals surface area contributed by atoms with Crippen LogP contribution in [0.25, 0.3) is 0 Å². The monoisotopic (exact) mass is 190 g/mol. The van der Waals surface area contributed by atoms with Gasteiger partial charge in [0.1, 0.15) is 11.8 Å². The normalized spacial score (nSPS) is 10.7. The van der Waals surface area contributed by atoms with Gasteiger partial charge in [0.25, 0.3) is 0 Å². The molecule has 0 saturated carbocycles. The molecule has 0 fully saturated rings. The van der Waals surface area contributed by atoms with Crippen molar-refractivity contribution in [3.05, 3.63) is 29.8 Å². The van der Waals surface area contributed by atoms with Gasteiger partial charge in [-0.25, -0.2) is 0 Å². The van der Waals surface area contributed by atoms with Crippen LogP contribution >= 0.6 is 0 Å². The van der Waals surface area contributed by atoms with Crippen molar-refractivity contribution in [1.29, 1.82) is 5.26 Å². The van der Waals surface area contributed by atoms with E-state index in [1.165, 1.54) is 0 Å². The molecule has 0 aliphatic rings. The molecule has 1 aromatic carbocycles. The highest BCUT2D eigenvalue weighted by Crippen LogP contribution is 2.13. The first-order valence-electron chi connectivity index (χ1n) is 4.06. The van der Waals surface area contributed by atoms with Crippen molar-refractivity contribution in [2.75, 3.05) is 6.61 Å². The third-order valence-electron chi connectivity index (χ3n) is 1.71. The van der Waals surface area contributed by atoms with Crippen LogP contribution in [0.2, 0.25) is 0 Å². The lowest BCUT2D eigenvalue weighted by Gasteiger charge is -2.03. The fourth-order valence-corrected chi connectivity index (χ4v) is 0.984. The molecule has 72 valence electrons. The molecule has 0 aliphatic heterocycles. The van der Waals surface area contributed by atoms with Crippen molar-refractivity contribution < 1.29 is 9.94 Å². The average Bonchev–Trinajstić information content (AvgIpc) is 2.25. The van der Waals surface area contributed by atoms with Crippen LogP contribution in [0.5, 0.6) is 5.75 Å². The molecule has 0 unspecified atom stereocenters. The highest BCUT2D eigenvalue weighted by Gasteiger charge is 1.99. The van der Waals surface area contributed by atoms with Gasteiger partial charge in [-0.1, -0.05) is 17.3 Å². The molecule has 1 aromatic rings. The highest BCUT2D eigenvalue weighted by atomic mass is 16.5. The van der Waals surface area contributed by atoms with Crippen molar-refractivity contribution in [3.8, 4) is 11.8 Å². The number of benzene rings is 1. The van der Waals surface area contributed by atoms with E-state index >= 15 is 0 Å². The predicted octanol–water partition coefficient (Wildman–Crippen LogP) is 1.79. The van der Waals surface area contributed by atoms with E-state index in [1.807, 2.05) is 6.07 Å². The zero-order valence-corrected chi connectivity index (χ0v) is 7.77. The van der Waals surface area contributed by atoms with Gasteiger partial charge in [0.05, 0.1) is 5.71 Å². The Bertz CT molecular complexity index is 380. The molecule has 0 atom stereocenters. The fourth-order valence-electron chi connectivity index (χ4n) is 0.984. The minimum Gasteiger partial charge on any atom is -0.479 e. The fraction of sp³-hybridized carbons (Fsp3) is 0.200. The predicted molar refractivity (Wildman–Crippen MR) is 51.5 cm³/mol. The molecule has 0 aromatic heterocycles. The Kier molecular flexibility index (Phi) is 3.50. The maximum absolute atomic E-state index is 8.55. The van der Waals surface area contributed by atoms with Crippen LogP contribution in [0.15, 0.2) is 29.4 Å². The van der Waals surface area contributed by atoms with Gasteiger partial charge in [0.2, 0.25) is 0 Å². The lowest BCUT2D eigenvalue weighted by Crippen LogP contribution is -1.97. The van der Waals surface area contributed by atoms with E-state index in [-0.39, 0.29) is 6.61 Å². The SMILES string of the molecule is C/C(=N/O)c1cccc(OCC#N)c1.